The topological polar surface area (TPSA) is 116 Å². The number of primary amides is 1. The van der Waals surface area contributed by atoms with Crippen LogP contribution in [0.3, 0.4) is 0 Å². The Labute approximate surface area is 220 Å². The summed E-state index contributed by atoms with van der Waals surface area (Å²) in [5, 5.41) is 5.81. The van der Waals surface area contributed by atoms with Gasteiger partial charge in [-0.05, 0) is 25.8 Å². The molecule has 5 heterocycles. The summed E-state index contributed by atoms with van der Waals surface area (Å²) in [6, 6.07) is 3.48. The molecule has 3 unspecified atom stereocenters. The van der Waals surface area contributed by atoms with Gasteiger partial charge in [0, 0.05) is 61.9 Å². The molecule has 2 N–H and O–H groups in total. The van der Waals surface area contributed by atoms with E-state index in [2.05, 4.69) is 5.10 Å². The highest BCUT2D eigenvalue weighted by molar-refractivity contribution is 5.96. The summed E-state index contributed by atoms with van der Waals surface area (Å²) in [6.45, 7) is 2.07. The van der Waals surface area contributed by atoms with Crippen LogP contribution in [0.1, 0.15) is 58.6 Å². The number of amides is 2. The summed E-state index contributed by atoms with van der Waals surface area (Å²) in [6.07, 6.45) is 5.84. The van der Waals surface area contributed by atoms with Gasteiger partial charge in [-0.1, -0.05) is 0 Å². The predicted octanol–water partition coefficient (Wildman–Crippen LogP) is 2.30. The maximum absolute atomic E-state index is 14.8. The molecule has 2 amide bonds. The first-order chi connectivity index (χ1) is 18.5. The molecular formula is C26H25F3N6O4. The summed E-state index contributed by atoms with van der Waals surface area (Å²) in [5.41, 5.74) is 2.15. The lowest BCUT2D eigenvalue weighted by Gasteiger charge is -2.41. The van der Waals surface area contributed by atoms with Crippen LogP contribution >= 0.6 is 0 Å². The molecule has 13 heteroatoms. The van der Waals surface area contributed by atoms with E-state index in [1.807, 2.05) is 6.92 Å². The van der Waals surface area contributed by atoms with Crippen molar-refractivity contribution in [3.63, 3.8) is 0 Å². The molecule has 3 atom stereocenters. The molecule has 3 aliphatic rings. The van der Waals surface area contributed by atoms with Crippen molar-refractivity contribution in [2.45, 2.75) is 50.0 Å². The zero-order valence-corrected chi connectivity index (χ0v) is 20.9. The average Bonchev–Trinajstić information content (AvgIpc) is 3.47. The number of benzene rings is 1. The fourth-order valence-electron chi connectivity index (χ4n) is 6.19. The molecule has 0 radical (unpaired) electrons. The molecule has 0 aliphatic carbocycles. The van der Waals surface area contributed by atoms with Gasteiger partial charge in [-0.25, -0.2) is 13.2 Å². The van der Waals surface area contributed by atoms with Gasteiger partial charge in [-0.2, -0.15) is 10.2 Å². The van der Waals surface area contributed by atoms with Gasteiger partial charge < -0.3 is 15.2 Å². The Balaban J connectivity index is 1.50. The SMILES string of the molecule is CC1(n2cccn2)CC2(CCCN3CC2n2cc(C(N)=O)c(=O)cc2C3=O)ON1Cc1c(F)cc(F)cc1F. The summed E-state index contributed by atoms with van der Waals surface area (Å²) >= 11 is 0. The minimum absolute atomic E-state index is 0.0981. The number of carbonyl (C=O) groups excluding carboxylic acids is 2. The number of nitrogens with zero attached hydrogens (tertiary/aromatic N) is 5. The maximum atomic E-state index is 14.8. The molecule has 3 aliphatic heterocycles. The second-order valence-corrected chi connectivity index (χ2v) is 10.5. The van der Waals surface area contributed by atoms with Gasteiger partial charge in [-0.3, -0.25) is 23.9 Å². The van der Waals surface area contributed by atoms with Crippen molar-refractivity contribution in [1.82, 2.24) is 24.3 Å². The van der Waals surface area contributed by atoms with Crippen LogP contribution in [-0.4, -0.2) is 54.8 Å². The van der Waals surface area contributed by atoms with Crippen LogP contribution in [0.5, 0.6) is 0 Å². The van der Waals surface area contributed by atoms with E-state index < -0.39 is 46.1 Å². The van der Waals surface area contributed by atoms with Gasteiger partial charge in [-0.15, -0.1) is 0 Å². The number of pyridine rings is 1. The van der Waals surface area contributed by atoms with Crippen molar-refractivity contribution in [2.75, 3.05) is 13.1 Å². The number of hydrogen-bond acceptors (Lipinski definition) is 6. The Kier molecular flexibility index (Phi) is 5.70. The number of hydrogen-bond donors (Lipinski definition) is 1. The summed E-state index contributed by atoms with van der Waals surface area (Å²) < 4.78 is 46.3. The summed E-state index contributed by atoms with van der Waals surface area (Å²) in [4.78, 5) is 46.1. The van der Waals surface area contributed by atoms with Crippen molar-refractivity contribution in [1.29, 1.82) is 0 Å². The van der Waals surface area contributed by atoms with E-state index in [0.717, 1.165) is 6.07 Å². The molecule has 2 bridgehead atoms. The Morgan fingerprint density at radius 3 is 2.62 bits per heavy atom. The summed E-state index contributed by atoms with van der Waals surface area (Å²) in [7, 11) is 0. The molecular weight excluding hydrogens is 517 g/mol. The highest BCUT2D eigenvalue weighted by atomic mass is 19.1. The highest BCUT2D eigenvalue weighted by Gasteiger charge is 2.60. The molecule has 204 valence electrons. The van der Waals surface area contributed by atoms with Crippen LogP contribution in [0.2, 0.25) is 0 Å². The number of carbonyl (C=O) groups is 2. The minimum atomic E-state index is -1.06. The van der Waals surface area contributed by atoms with E-state index in [4.69, 9.17) is 10.6 Å². The number of aromatic nitrogens is 3. The average molecular weight is 543 g/mol. The fraction of sp³-hybridized carbons (Fsp3) is 0.385. The number of nitrogens with two attached hydrogens (primary N) is 1. The molecule has 3 aromatic rings. The van der Waals surface area contributed by atoms with Crippen LogP contribution in [0, 0.1) is 17.5 Å². The first-order valence-electron chi connectivity index (χ1n) is 12.5. The van der Waals surface area contributed by atoms with Gasteiger partial charge >= 0.3 is 0 Å². The van der Waals surface area contributed by atoms with E-state index in [-0.39, 0.29) is 42.2 Å². The monoisotopic (exact) mass is 542 g/mol. The lowest BCUT2D eigenvalue weighted by Crippen LogP contribution is -2.51. The van der Waals surface area contributed by atoms with Crippen LogP contribution in [0.4, 0.5) is 13.2 Å². The van der Waals surface area contributed by atoms with Crippen molar-refractivity contribution in [2.24, 2.45) is 5.73 Å². The molecule has 2 fully saturated rings. The first-order valence-corrected chi connectivity index (χ1v) is 12.5. The summed E-state index contributed by atoms with van der Waals surface area (Å²) in [5.74, 6) is -4.41. The van der Waals surface area contributed by atoms with Gasteiger partial charge in [0.05, 0.1) is 12.6 Å². The Morgan fingerprint density at radius 2 is 1.95 bits per heavy atom. The quantitative estimate of drug-likeness (QED) is 0.541. The molecule has 0 saturated carbocycles. The minimum Gasteiger partial charge on any atom is -0.365 e. The fourth-order valence-corrected chi connectivity index (χ4v) is 6.19. The highest BCUT2D eigenvalue weighted by Crippen LogP contribution is 2.52. The third-order valence-electron chi connectivity index (χ3n) is 8.08. The van der Waals surface area contributed by atoms with Crippen LogP contribution in [0.25, 0.3) is 0 Å². The first kappa shape index (κ1) is 25.3. The Hall–Kier alpha value is -3.97. The van der Waals surface area contributed by atoms with E-state index in [1.54, 1.807) is 32.6 Å². The van der Waals surface area contributed by atoms with E-state index in [1.165, 1.54) is 11.3 Å². The molecule has 2 aromatic heterocycles. The Bertz CT molecular complexity index is 1540. The maximum Gasteiger partial charge on any atom is 0.270 e. The predicted molar refractivity (Wildman–Crippen MR) is 130 cm³/mol. The largest absolute Gasteiger partial charge is 0.365 e. The number of fused-ring (bicyclic) bond motifs is 5. The molecule has 6 rings (SSSR count). The second kappa shape index (κ2) is 8.78. The third-order valence-corrected chi connectivity index (χ3v) is 8.08. The van der Waals surface area contributed by atoms with E-state index >= 15 is 0 Å². The molecule has 1 aromatic carbocycles. The molecule has 2 saturated heterocycles. The van der Waals surface area contributed by atoms with Crippen LogP contribution < -0.4 is 11.2 Å². The van der Waals surface area contributed by atoms with Crippen molar-refractivity contribution in [3.05, 3.63) is 87.4 Å². The number of rotatable bonds is 4. The van der Waals surface area contributed by atoms with Gasteiger partial charge in [0.15, 0.2) is 5.43 Å². The van der Waals surface area contributed by atoms with Crippen LogP contribution in [0.15, 0.2) is 47.7 Å². The number of halogens is 3. The zero-order valence-electron chi connectivity index (χ0n) is 20.9. The standard InChI is InChI=1S/C26H25F3N6O4/c1-25(34-7-3-5-31-34)14-26(39-35(25)12-16-18(28)8-15(27)9-19(16)29)4-2-6-32-13-22(26)33-11-17(23(30)37)21(36)10-20(33)24(32)38/h3,5,7-11,22H,2,4,6,12-14H2,1H3,(H2,30,37). The van der Waals surface area contributed by atoms with Gasteiger partial charge in [0.1, 0.15) is 40.0 Å². The Morgan fingerprint density at radius 1 is 1.21 bits per heavy atom. The molecule has 39 heavy (non-hydrogen) atoms. The van der Waals surface area contributed by atoms with Crippen molar-refractivity contribution >= 4 is 11.8 Å². The molecule has 1 spiro atoms. The zero-order chi connectivity index (χ0) is 27.7. The van der Waals surface area contributed by atoms with E-state index in [0.29, 0.717) is 31.5 Å². The molecule has 10 nitrogen and oxygen atoms in total. The lowest BCUT2D eigenvalue weighted by atomic mass is 9.82. The van der Waals surface area contributed by atoms with Crippen LogP contribution in [-0.2, 0) is 17.0 Å². The van der Waals surface area contributed by atoms with Gasteiger partial charge in [0.2, 0.25) is 0 Å². The second-order valence-electron chi connectivity index (χ2n) is 10.5. The van der Waals surface area contributed by atoms with Gasteiger partial charge in [0.25, 0.3) is 11.8 Å². The smallest absolute Gasteiger partial charge is 0.270 e. The van der Waals surface area contributed by atoms with Crippen molar-refractivity contribution < 1.29 is 27.6 Å². The normalized spacial score (nSPS) is 26.6. The van der Waals surface area contributed by atoms with Crippen molar-refractivity contribution in [3.8, 4) is 0 Å². The lowest BCUT2D eigenvalue weighted by molar-refractivity contribution is -0.255. The van der Waals surface area contributed by atoms with E-state index in [9.17, 15) is 27.6 Å². The third kappa shape index (κ3) is 3.87. The number of hydroxylamine groups is 2.